The number of anilines is 2. The highest BCUT2D eigenvalue weighted by atomic mass is 16.6. The van der Waals surface area contributed by atoms with Crippen molar-refractivity contribution in [1.29, 1.82) is 0 Å². The van der Waals surface area contributed by atoms with Gasteiger partial charge in [0.05, 0.1) is 30.0 Å². The van der Waals surface area contributed by atoms with E-state index in [0.717, 1.165) is 36.2 Å². The standard InChI is InChI=1S/C52H47N5O6/c58-43-20-18-41(19-21-43)57(40-13-3-1-4-14-40)51(60)47-32-49(55-23-10-9-17-48(47)55)45-30-37-22-24-54(52(61)63-44-15-5-2-6-16-44)33-39(37)31-46(45)50(59)56-34-38-12-8-7-11-36(38)29-42(56)35-53-25-27-62-28-26-53/h1-21,23,30-32,42,58H,22,24-29,33-35H2/t42-/m0/s1. The monoisotopic (exact) mass is 837 g/mol. The lowest BCUT2D eigenvalue weighted by Gasteiger charge is -2.41. The summed E-state index contributed by atoms with van der Waals surface area (Å²) in [6.07, 6.45) is 2.76. The van der Waals surface area contributed by atoms with E-state index in [1.807, 2.05) is 100 Å². The molecule has 3 amide bonds. The van der Waals surface area contributed by atoms with Crippen molar-refractivity contribution in [3.8, 4) is 22.8 Å². The molecule has 0 spiro atoms. The van der Waals surface area contributed by atoms with E-state index in [-0.39, 0.29) is 30.2 Å². The number of fused-ring (bicyclic) bond motifs is 3. The lowest BCUT2D eigenvalue weighted by atomic mass is 9.89. The summed E-state index contributed by atoms with van der Waals surface area (Å²) in [5.41, 5.74) is 8.56. The predicted molar refractivity (Wildman–Crippen MR) is 241 cm³/mol. The first kappa shape index (κ1) is 39.9. The van der Waals surface area contributed by atoms with Crippen LogP contribution in [0.5, 0.6) is 11.5 Å². The second-order valence-electron chi connectivity index (χ2n) is 16.4. The van der Waals surface area contributed by atoms with Gasteiger partial charge in [0.15, 0.2) is 0 Å². The smallest absolute Gasteiger partial charge is 0.415 e. The number of aromatic hydroxyl groups is 1. The van der Waals surface area contributed by atoms with E-state index in [9.17, 15) is 9.90 Å². The molecule has 5 aromatic carbocycles. The minimum absolute atomic E-state index is 0.0982. The topological polar surface area (TPSA) is 107 Å². The van der Waals surface area contributed by atoms with Gasteiger partial charge in [0.25, 0.3) is 11.8 Å². The van der Waals surface area contributed by atoms with Crippen molar-refractivity contribution in [1.82, 2.24) is 19.1 Å². The fraction of sp³-hybridized carbons (Fsp3) is 0.212. The van der Waals surface area contributed by atoms with Crippen molar-refractivity contribution < 1.29 is 29.0 Å². The molecule has 7 aromatic rings. The van der Waals surface area contributed by atoms with Crippen LogP contribution in [0.4, 0.5) is 16.2 Å². The number of morpholine rings is 1. The van der Waals surface area contributed by atoms with Crippen LogP contribution in [0.25, 0.3) is 16.8 Å². The quantitative estimate of drug-likeness (QED) is 0.163. The zero-order valence-corrected chi connectivity index (χ0v) is 34.8. The number of carbonyl (C=O) groups is 3. The third-order valence-corrected chi connectivity index (χ3v) is 12.5. The van der Waals surface area contributed by atoms with Gasteiger partial charge >= 0.3 is 6.09 Å². The van der Waals surface area contributed by atoms with Gasteiger partial charge in [0.1, 0.15) is 11.5 Å². The van der Waals surface area contributed by atoms with Gasteiger partial charge < -0.3 is 28.8 Å². The summed E-state index contributed by atoms with van der Waals surface area (Å²) in [5.74, 6) is 0.190. The molecular formula is C52H47N5O6. The van der Waals surface area contributed by atoms with Gasteiger partial charge in [0.2, 0.25) is 0 Å². The first-order valence-electron chi connectivity index (χ1n) is 21.5. The van der Waals surface area contributed by atoms with E-state index >= 15 is 9.59 Å². The van der Waals surface area contributed by atoms with E-state index < -0.39 is 6.09 Å². The van der Waals surface area contributed by atoms with Crippen molar-refractivity contribution in [2.45, 2.75) is 32.0 Å². The Morgan fingerprint density at radius 2 is 1.38 bits per heavy atom. The number of hydrogen-bond acceptors (Lipinski definition) is 7. The van der Waals surface area contributed by atoms with Crippen LogP contribution in [0.3, 0.4) is 0 Å². The first-order chi connectivity index (χ1) is 30.9. The number of aromatic nitrogens is 1. The minimum atomic E-state index is -0.445. The summed E-state index contributed by atoms with van der Waals surface area (Å²) in [5, 5.41) is 10.2. The molecular weight excluding hydrogens is 791 g/mol. The molecule has 0 radical (unpaired) electrons. The Kier molecular flexibility index (Phi) is 10.9. The van der Waals surface area contributed by atoms with Crippen LogP contribution in [0.15, 0.2) is 152 Å². The number of phenolic OH excluding ortho intramolecular Hbond substituents is 1. The number of amides is 3. The largest absolute Gasteiger partial charge is 0.508 e. The number of rotatable bonds is 8. The van der Waals surface area contributed by atoms with Crippen molar-refractivity contribution >= 4 is 34.8 Å². The van der Waals surface area contributed by atoms with Gasteiger partial charge in [-0.2, -0.15) is 0 Å². The van der Waals surface area contributed by atoms with Gasteiger partial charge in [-0.1, -0.05) is 66.7 Å². The molecule has 10 rings (SSSR count). The zero-order chi connectivity index (χ0) is 42.9. The Morgan fingerprint density at radius 3 is 2.16 bits per heavy atom. The lowest BCUT2D eigenvalue weighted by molar-refractivity contribution is 0.0193. The van der Waals surface area contributed by atoms with E-state index in [1.54, 1.807) is 46.2 Å². The number of ether oxygens (including phenoxy) is 2. The Labute approximate surface area is 365 Å². The summed E-state index contributed by atoms with van der Waals surface area (Å²) < 4.78 is 13.4. The van der Waals surface area contributed by atoms with Gasteiger partial charge in [-0.25, -0.2) is 4.79 Å². The van der Waals surface area contributed by atoms with Crippen molar-refractivity contribution in [3.63, 3.8) is 0 Å². The summed E-state index contributed by atoms with van der Waals surface area (Å²) >= 11 is 0. The molecule has 2 aromatic heterocycles. The normalized spacial score (nSPS) is 16.3. The number of hydrogen-bond donors (Lipinski definition) is 1. The Morgan fingerprint density at radius 1 is 0.683 bits per heavy atom. The average molecular weight is 838 g/mol. The number of pyridine rings is 1. The predicted octanol–water partition coefficient (Wildman–Crippen LogP) is 8.75. The summed E-state index contributed by atoms with van der Waals surface area (Å²) in [4.78, 5) is 52.0. The molecule has 0 unspecified atom stereocenters. The number of benzene rings is 5. The maximum Gasteiger partial charge on any atom is 0.415 e. The number of nitrogens with zero attached hydrogens (tertiary/aromatic N) is 5. The van der Waals surface area contributed by atoms with Gasteiger partial charge in [0, 0.05) is 74.0 Å². The van der Waals surface area contributed by atoms with E-state index in [2.05, 4.69) is 29.2 Å². The fourth-order valence-corrected chi connectivity index (χ4v) is 9.25. The van der Waals surface area contributed by atoms with Crippen LogP contribution in [0.1, 0.15) is 43.0 Å². The summed E-state index contributed by atoms with van der Waals surface area (Å²) in [6, 6.07) is 45.1. The van der Waals surface area contributed by atoms with Crippen LogP contribution in [-0.2, 0) is 30.7 Å². The zero-order valence-electron chi connectivity index (χ0n) is 34.8. The molecule has 0 saturated carbocycles. The first-order valence-corrected chi connectivity index (χ1v) is 21.5. The molecule has 3 aliphatic rings. The molecule has 5 heterocycles. The summed E-state index contributed by atoms with van der Waals surface area (Å²) in [7, 11) is 0. The van der Waals surface area contributed by atoms with Crippen LogP contribution in [-0.4, -0.2) is 87.5 Å². The van der Waals surface area contributed by atoms with Crippen molar-refractivity contribution in [2.24, 2.45) is 0 Å². The highest BCUT2D eigenvalue weighted by Crippen LogP contribution is 2.38. The van der Waals surface area contributed by atoms with Crippen LogP contribution in [0, 0.1) is 0 Å². The molecule has 1 atom stereocenters. The second kappa shape index (κ2) is 17.3. The maximum absolute atomic E-state index is 15.7. The molecule has 0 bridgehead atoms. The van der Waals surface area contributed by atoms with E-state index in [4.69, 9.17) is 9.47 Å². The molecule has 1 saturated heterocycles. The SMILES string of the molecule is O=C(Oc1ccccc1)N1CCc2cc(-c3cc(C(=O)N(c4ccccc4)c4ccc(O)cc4)c4ccccn34)c(C(=O)N3Cc4ccccc4C[C@H]3CN3CCOCC3)cc2C1. The Hall–Kier alpha value is -7.21. The number of carbonyl (C=O) groups excluding carboxylic acids is 3. The molecule has 11 heteroatoms. The second-order valence-corrected chi connectivity index (χ2v) is 16.4. The van der Waals surface area contributed by atoms with Gasteiger partial charge in [-0.3, -0.25) is 19.4 Å². The van der Waals surface area contributed by atoms with Gasteiger partial charge in [-0.05, 0) is 114 Å². The minimum Gasteiger partial charge on any atom is -0.508 e. The molecule has 0 aliphatic carbocycles. The third-order valence-electron chi connectivity index (χ3n) is 12.5. The fourth-order valence-electron chi connectivity index (χ4n) is 9.25. The Balaban J connectivity index is 1.09. The van der Waals surface area contributed by atoms with Gasteiger partial charge in [-0.15, -0.1) is 0 Å². The summed E-state index contributed by atoms with van der Waals surface area (Å²) in [6.45, 7) is 4.80. The van der Waals surface area contributed by atoms with Crippen LogP contribution >= 0.6 is 0 Å². The average Bonchev–Trinajstić information content (AvgIpc) is 3.72. The molecule has 3 aliphatic heterocycles. The highest BCUT2D eigenvalue weighted by molar-refractivity contribution is 6.16. The molecule has 1 N–H and O–H groups in total. The van der Waals surface area contributed by atoms with Crippen LogP contribution in [0.2, 0.25) is 0 Å². The Bertz CT molecular complexity index is 2800. The molecule has 1 fully saturated rings. The lowest BCUT2D eigenvalue weighted by Crippen LogP contribution is -2.52. The molecule has 63 heavy (non-hydrogen) atoms. The van der Waals surface area contributed by atoms with E-state index in [0.29, 0.717) is 84.3 Å². The molecule has 11 nitrogen and oxygen atoms in total. The van der Waals surface area contributed by atoms with E-state index in [1.165, 1.54) is 5.56 Å². The molecule has 316 valence electrons. The van der Waals surface area contributed by atoms with Crippen LogP contribution < -0.4 is 9.64 Å². The maximum atomic E-state index is 15.7. The highest BCUT2D eigenvalue weighted by Gasteiger charge is 2.35. The third kappa shape index (κ3) is 8.04. The van der Waals surface area contributed by atoms with Crippen molar-refractivity contribution in [3.05, 3.63) is 185 Å². The van der Waals surface area contributed by atoms with Crippen molar-refractivity contribution in [2.75, 3.05) is 44.3 Å². The number of phenols is 1. The number of para-hydroxylation sites is 2.